The molecule has 1 saturated heterocycles. The maximum Gasteiger partial charge on any atom is 0.245 e. The number of likely N-dealkylation sites (tertiary alicyclic amines) is 1. The van der Waals surface area contributed by atoms with Crippen LogP contribution >= 0.6 is 0 Å². The third-order valence-corrected chi connectivity index (χ3v) is 5.52. The first-order valence-corrected chi connectivity index (χ1v) is 11.0. The van der Waals surface area contributed by atoms with Crippen LogP contribution in [0.2, 0.25) is 0 Å². The average Bonchev–Trinajstić information content (AvgIpc) is 2.84. The zero-order chi connectivity index (χ0) is 22.8. The second-order valence-corrected chi connectivity index (χ2v) is 7.65. The van der Waals surface area contributed by atoms with Crippen molar-refractivity contribution in [1.82, 2.24) is 10.2 Å². The molecule has 2 aromatic carbocycles. The van der Waals surface area contributed by atoms with Gasteiger partial charge in [-0.1, -0.05) is 49.6 Å². The summed E-state index contributed by atoms with van der Waals surface area (Å²) in [6.45, 7) is 11.8. The van der Waals surface area contributed by atoms with Crippen LogP contribution in [-0.4, -0.2) is 36.7 Å². The molecule has 1 amide bonds. The van der Waals surface area contributed by atoms with E-state index in [0.29, 0.717) is 5.92 Å². The van der Waals surface area contributed by atoms with Crippen LogP contribution in [0.5, 0.6) is 11.5 Å². The maximum atomic E-state index is 11.8. The lowest BCUT2D eigenvalue weighted by molar-refractivity contribution is -0.127. The van der Waals surface area contributed by atoms with Gasteiger partial charge in [-0.2, -0.15) is 0 Å². The van der Waals surface area contributed by atoms with Gasteiger partial charge in [0.25, 0.3) is 0 Å². The van der Waals surface area contributed by atoms with Gasteiger partial charge in [0.05, 0.1) is 0 Å². The van der Waals surface area contributed by atoms with Crippen LogP contribution < -0.4 is 10.1 Å². The van der Waals surface area contributed by atoms with Crippen molar-refractivity contribution in [3.8, 4) is 11.5 Å². The number of rotatable bonds is 9. The zero-order valence-electron chi connectivity index (χ0n) is 18.7. The van der Waals surface area contributed by atoms with Gasteiger partial charge in [-0.3, -0.25) is 4.79 Å². The molecule has 5 nitrogen and oxygen atoms in total. The highest BCUT2D eigenvalue weighted by molar-refractivity contribution is 5.87. The minimum atomic E-state index is 0.0150. The molecule has 5 heteroatoms. The molecule has 0 radical (unpaired) electrons. The summed E-state index contributed by atoms with van der Waals surface area (Å²) in [6.07, 6.45) is 6.93. The number of piperidine rings is 1. The van der Waals surface area contributed by atoms with Gasteiger partial charge < -0.3 is 15.0 Å². The molecule has 2 aromatic rings. The van der Waals surface area contributed by atoms with Crippen molar-refractivity contribution >= 4 is 17.7 Å². The summed E-state index contributed by atoms with van der Waals surface area (Å²) in [4.78, 5) is 18.2. The summed E-state index contributed by atoms with van der Waals surface area (Å²) >= 11 is 0. The molecule has 0 aliphatic carbocycles. The quantitative estimate of drug-likeness (QED) is 0.328. The molecule has 1 aliphatic rings. The van der Waals surface area contributed by atoms with E-state index in [0.717, 1.165) is 60.9 Å². The molecule has 1 heterocycles. The Hall–Kier alpha value is -3.60. The summed E-state index contributed by atoms with van der Waals surface area (Å²) in [5.41, 5.74) is 1.95. The van der Waals surface area contributed by atoms with Crippen LogP contribution in [0.25, 0.3) is 5.57 Å². The molecule has 0 bridgehead atoms. The van der Waals surface area contributed by atoms with Crippen molar-refractivity contribution in [1.29, 1.82) is 0 Å². The molecule has 1 N–H and O–H groups in total. The number of allylic oxidation sites excluding steroid dienone is 2. The molecule has 0 atom stereocenters. The van der Waals surface area contributed by atoms with Gasteiger partial charge in [-0.25, -0.2) is 4.99 Å². The van der Waals surface area contributed by atoms with Gasteiger partial charge in [0, 0.05) is 31.4 Å². The van der Waals surface area contributed by atoms with Gasteiger partial charge in [-0.15, -0.1) is 0 Å². The summed E-state index contributed by atoms with van der Waals surface area (Å²) in [5.74, 6) is 2.87. The van der Waals surface area contributed by atoms with Gasteiger partial charge >= 0.3 is 0 Å². The van der Waals surface area contributed by atoms with Crippen molar-refractivity contribution < 1.29 is 9.53 Å². The smallest absolute Gasteiger partial charge is 0.245 e. The van der Waals surface area contributed by atoms with Crippen LogP contribution in [0.3, 0.4) is 0 Å². The molecule has 0 aromatic heterocycles. The first-order valence-electron chi connectivity index (χ1n) is 11.0. The predicted molar refractivity (Wildman–Crippen MR) is 132 cm³/mol. The number of nitrogens with one attached hydrogen (secondary N) is 1. The van der Waals surface area contributed by atoms with E-state index in [1.807, 2.05) is 72.5 Å². The molecule has 166 valence electrons. The van der Waals surface area contributed by atoms with Gasteiger partial charge in [-0.05, 0) is 61.6 Å². The second kappa shape index (κ2) is 11.7. The van der Waals surface area contributed by atoms with Crippen LogP contribution in [0.15, 0.2) is 90.7 Å². The highest BCUT2D eigenvalue weighted by atomic mass is 16.5. The Kier molecular flexibility index (Phi) is 8.44. The number of amides is 1. The first-order chi connectivity index (χ1) is 15.6. The van der Waals surface area contributed by atoms with E-state index in [9.17, 15) is 4.79 Å². The first kappa shape index (κ1) is 23.1. The van der Waals surface area contributed by atoms with E-state index in [2.05, 4.69) is 23.5 Å². The van der Waals surface area contributed by atoms with Crippen molar-refractivity contribution in [2.45, 2.75) is 19.8 Å². The van der Waals surface area contributed by atoms with E-state index in [4.69, 9.17) is 4.74 Å². The largest absolute Gasteiger partial charge is 0.457 e. The Bertz CT molecular complexity index is 970. The average molecular weight is 430 g/mol. The predicted octanol–water partition coefficient (Wildman–Crippen LogP) is 5.44. The molecule has 1 aliphatic heterocycles. The van der Waals surface area contributed by atoms with Gasteiger partial charge in [0.2, 0.25) is 5.91 Å². The van der Waals surface area contributed by atoms with Crippen molar-refractivity contribution in [3.05, 3.63) is 91.3 Å². The topological polar surface area (TPSA) is 53.9 Å². The third-order valence-electron chi connectivity index (χ3n) is 5.52. The Labute approximate surface area is 190 Å². The molecule has 3 rings (SSSR count). The number of hydrogen-bond acceptors (Lipinski definition) is 4. The fraction of sp³-hybridized carbons (Fsp3) is 0.259. The van der Waals surface area contributed by atoms with Crippen LogP contribution in [0, 0.1) is 5.92 Å². The summed E-state index contributed by atoms with van der Waals surface area (Å²) in [5, 5.41) is 3.51. The van der Waals surface area contributed by atoms with Crippen LogP contribution in [0.1, 0.15) is 25.3 Å². The fourth-order valence-corrected chi connectivity index (χ4v) is 3.75. The molecular weight excluding hydrogens is 398 g/mol. The second-order valence-electron chi connectivity index (χ2n) is 7.65. The van der Waals surface area contributed by atoms with Gasteiger partial charge in [0.15, 0.2) is 0 Å². The van der Waals surface area contributed by atoms with Gasteiger partial charge in [0.1, 0.15) is 17.3 Å². The van der Waals surface area contributed by atoms with E-state index >= 15 is 0 Å². The number of aliphatic imine (C=N–C) groups is 1. The number of nitrogens with zero attached hydrogens (tertiary/aromatic N) is 2. The molecular formula is C27H31N3O2. The lowest BCUT2D eigenvalue weighted by Gasteiger charge is -2.31. The van der Waals surface area contributed by atoms with Crippen molar-refractivity contribution in [2.24, 2.45) is 10.9 Å². The van der Waals surface area contributed by atoms with Crippen molar-refractivity contribution in [2.75, 3.05) is 19.6 Å². The highest BCUT2D eigenvalue weighted by Crippen LogP contribution is 2.26. The highest BCUT2D eigenvalue weighted by Gasteiger charge is 2.21. The number of carbonyl (C=O) groups excluding carboxylic acids is 1. The number of hydrogen-bond donors (Lipinski definition) is 1. The van der Waals surface area contributed by atoms with Crippen LogP contribution in [0.4, 0.5) is 0 Å². The molecule has 32 heavy (non-hydrogen) atoms. The summed E-state index contributed by atoms with van der Waals surface area (Å²) < 4.78 is 5.89. The fourth-order valence-electron chi connectivity index (χ4n) is 3.75. The standard InChI is InChI=1S/C27H31N3O2/c1-4-25(22-12-14-24(15-13-22)32-23-10-8-7-9-11-23)27(28-6-3)29-20-21-16-18-30(19-17-21)26(31)5-2/h4-15,21,29H,1-2,16-20H2,3H3/b27-25-,28-6-. The Morgan fingerprint density at radius 1 is 1.06 bits per heavy atom. The molecule has 0 spiro atoms. The van der Waals surface area contributed by atoms with Crippen LogP contribution in [-0.2, 0) is 4.79 Å². The van der Waals surface area contributed by atoms with Crippen molar-refractivity contribution in [3.63, 3.8) is 0 Å². The molecule has 0 unspecified atom stereocenters. The Morgan fingerprint density at radius 2 is 1.72 bits per heavy atom. The number of benzene rings is 2. The lowest BCUT2D eigenvalue weighted by atomic mass is 9.96. The van der Waals surface area contributed by atoms with E-state index in [1.54, 1.807) is 6.21 Å². The van der Waals surface area contributed by atoms with E-state index < -0.39 is 0 Å². The summed E-state index contributed by atoms with van der Waals surface area (Å²) in [7, 11) is 0. The molecule has 1 fully saturated rings. The zero-order valence-corrected chi connectivity index (χ0v) is 18.7. The lowest BCUT2D eigenvalue weighted by Crippen LogP contribution is -2.39. The number of carbonyl (C=O) groups is 1. The summed E-state index contributed by atoms with van der Waals surface area (Å²) in [6, 6.07) is 17.6. The Morgan fingerprint density at radius 3 is 2.31 bits per heavy atom. The Balaban J connectivity index is 1.67. The number of para-hydroxylation sites is 1. The van der Waals surface area contributed by atoms with E-state index in [1.165, 1.54) is 6.08 Å². The molecule has 0 saturated carbocycles. The minimum absolute atomic E-state index is 0.0150. The SMILES string of the molecule is C=CC(=O)N1CCC(CNC(/N=C\C)=C(/C=C)c2ccc(Oc3ccccc3)cc2)CC1. The monoisotopic (exact) mass is 429 g/mol. The van der Waals surface area contributed by atoms with E-state index in [-0.39, 0.29) is 5.91 Å². The normalized spacial score (nSPS) is 15.2. The minimum Gasteiger partial charge on any atom is -0.457 e. The number of ether oxygens (including phenoxy) is 1. The maximum absolute atomic E-state index is 11.8. The third kappa shape index (κ3) is 6.20.